The molecule has 1 N–H and O–H groups in total. The fourth-order valence-corrected chi connectivity index (χ4v) is 2.09. The summed E-state index contributed by atoms with van der Waals surface area (Å²) in [4.78, 5) is 12.2. The highest BCUT2D eigenvalue weighted by atomic mass is 35.5. The summed E-state index contributed by atoms with van der Waals surface area (Å²) in [5.41, 5.74) is 0.841. The third-order valence-corrected chi connectivity index (χ3v) is 3.24. The Morgan fingerprint density at radius 1 is 1.50 bits per heavy atom. The van der Waals surface area contributed by atoms with E-state index in [1.165, 1.54) is 6.20 Å². The van der Waals surface area contributed by atoms with Crippen LogP contribution >= 0.6 is 11.6 Å². The lowest BCUT2D eigenvalue weighted by Gasteiger charge is -2.14. The lowest BCUT2D eigenvalue weighted by atomic mass is 10.2. The molecule has 2 heterocycles. The largest absolute Gasteiger partial charge is 0.349 e. The van der Waals surface area contributed by atoms with Crippen LogP contribution in [0, 0.1) is 0 Å². The number of nitrogens with one attached hydrogen (secondary N) is 1. The van der Waals surface area contributed by atoms with Gasteiger partial charge in [-0.25, -0.2) is 0 Å². The normalized spacial score (nSPS) is 12.3. The Morgan fingerprint density at radius 2 is 2.30 bits per heavy atom. The van der Waals surface area contributed by atoms with Crippen molar-refractivity contribution in [2.75, 3.05) is 0 Å². The summed E-state index contributed by atoms with van der Waals surface area (Å²) < 4.78 is 3.41. The first kappa shape index (κ1) is 14.6. The van der Waals surface area contributed by atoms with Crippen LogP contribution in [0.1, 0.15) is 32.0 Å². The van der Waals surface area contributed by atoms with Gasteiger partial charge >= 0.3 is 0 Å². The second-order valence-corrected chi connectivity index (χ2v) is 4.88. The second kappa shape index (κ2) is 6.56. The average Bonchev–Trinajstić information content (AvgIpc) is 3.06. The first-order chi connectivity index (χ1) is 9.63. The molecular weight excluding hydrogens is 278 g/mol. The van der Waals surface area contributed by atoms with Crippen molar-refractivity contribution in [1.82, 2.24) is 24.9 Å². The SMILES string of the molecule is CCC(C(=O)NCc1ccn(CC)n1)n1cc(Cl)cn1. The van der Waals surface area contributed by atoms with Gasteiger partial charge in [0.2, 0.25) is 5.91 Å². The monoisotopic (exact) mass is 295 g/mol. The maximum absolute atomic E-state index is 12.2. The van der Waals surface area contributed by atoms with E-state index in [4.69, 9.17) is 11.6 Å². The number of rotatable bonds is 6. The van der Waals surface area contributed by atoms with Gasteiger partial charge in [-0.15, -0.1) is 0 Å². The van der Waals surface area contributed by atoms with Crippen LogP contribution in [0.5, 0.6) is 0 Å². The lowest BCUT2D eigenvalue weighted by Crippen LogP contribution is -2.32. The van der Waals surface area contributed by atoms with Gasteiger partial charge < -0.3 is 5.32 Å². The highest BCUT2D eigenvalue weighted by Crippen LogP contribution is 2.14. The third kappa shape index (κ3) is 3.39. The van der Waals surface area contributed by atoms with E-state index in [1.54, 1.807) is 10.9 Å². The molecular formula is C13H18ClN5O. The molecule has 0 aliphatic heterocycles. The van der Waals surface area contributed by atoms with E-state index < -0.39 is 0 Å². The van der Waals surface area contributed by atoms with Crippen molar-refractivity contribution >= 4 is 17.5 Å². The Balaban J connectivity index is 1.95. The van der Waals surface area contributed by atoms with Gasteiger partial charge in [-0.1, -0.05) is 18.5 Å². The van der Waals surface area contributed by atoms with Gasteiger partial charge in [0, 0.05) is 18.9 Å². The van der Waals surface area contributed by atoms with Crippen LogP contribution in [0.15, 0.2) is 24.7 Å². The van der Waals surface area contributed by atoms with Crippen molar-refractivity contribution in [2.24, 2.45) is 0 Å². The number of aryl methyl sites for hydroxylation is 1. The summed E-state index contributed by atoms with van der Waals surface area (Å²) in [5.74, 6) is -0.0849. The van der Waals surface area contributed by atoms with Gasteiger partial charge in [-0.3, -0.25) is 14.2 Å². The molecule has 20 heavy (non-hydrogen) atoms. The van der Waals surface area contributed by atoms with Gasteiger partial charge in [0.05, 0.1) is 23.5 Å². The predicted octanol–water partition coefficient (Wildman–Crippen LogP) is 2.02. The van der Waals surface area contributed by atoms with Crippen molar-refractivity contribution in [1.29, 1.82) is 0 Å². The van der Waals surface area contributed by atoms with Crippen molar-refractivity contribution in [2.45, 2.75) is 39.4 Å². The van der Waals surface area contributed by atoms with E-state index in [2.05, 4.69) is 15.5 Å². The summed E-state index contributed by atoms with van der Waals surface area (Å²) in [5, 5.41) is 11.8. The zero-order valence-electron chi connectivity index (χ0n) is 11.6. The fraction of sp³-hybridized carbons (Fsp3) is 0.462. The Hall–Kier alpha value is -1.82. The number of carbonyl (C=O) groups is 1. The van der Waals surface area contributed by atoms with Crippen LogP contribution in [0.4, 0.5) is 0 Å². The molecule has 0 saturated heterocycles. The molecule has 2 aromatic rings. The Bertz CT molecular complexity index is 577. The minimum atomic E-state index is -0.351. The van der Waals surface area contributed by atoms with Crippen molar-refractivity contribution in [3.05, 3.63) is 35.4 Å². The van der Waals surface area contributed by atoms with Gasteiger partial charge in [0.25, 0.3) is 0 Å². The van der Waals surface area contributed by atoms with Gasteiger partial charge in [-0.2, -0.15) is 10.2 Å². The van der Waals surface area contributed by atoms with E-state index in [0.29, 0.717) is 18.0 Å². The van der Waals surface area contributed by atoms with Crippen molar-refractivity contribution in [3.8, 4) is 0 Å². The van der Waals surface area contributed by atoms with E-state index in [9.17, 15) is 4.79 Å². The third-order valence-electron chi connectivity index (χ3n) is 3.04. The van der Waals surface area contributed by atoms with E-state index in [0.717, 1.165) is 12.2 Å². The predicted molar refractivity (Wildman–Crippen MR) is 76.3 cm³/mol. The molecule has 0 aromatic carbocycles. The summed E-state index contributed by atoms with van der Waals surface area (Å²) in [6.07, 6.45) is 5.72. The molecule has 0 spiro atoms. The quantitative estimate of drug-likeness (QED) is 0.887. The maximum atomic E-state index is 12.2. The van der Waals surface area contributed by atoms with Crippen LogP contribution in [0.2, 0.25) is 5.02 Å². The second-order valence-electron chi connectivity index (χ2n) is 4.44. The number of hydrogen-bond acceptors (Lipinski definition) is 3. The molecule has 1 atom stereocenters. The number of halogens is 1. The highest BCUT2D eigenvalue weighted by Gasteiger charge is 2.19. The van der Waals surface area contributed by atoms with Gasteiger partial charge in [0.15, 0.2) is 0 Å². The Kier molecular flexibility index (Phi) is 4.79. The minimum absolute atomic E-state index is 0.0849. The van der Waals surface area contributed by atoms with E-state index in [-0.39, 0.29) is 11.9 Å². The molecule has 0 aliphatic carbocycles. The number of hydrogen-bond donors (Lipinski definition) is 1. The molecule has 1 unspecified atom stereocenters. The van der Waals surface area contributed by atoms with Crippen molar-refractivity contribution < 1.29 is 4.79 Å². The van der Waals surface area contributed by atoms with E-state index >= 15 is 0 Å². The Labute approximate surface area is 122 Å². The van der Waals surface area contributed by atoms with E-state index in [1.807, 2.05) is 30.8 Å². The molecule has 0 radical (unpaired) electrons. The Morgan fingerprint density at radius 3 is 2.85 bits per heavy atom. The zero-order valence-corrected chi connectivity index (χ0v) is 12.3. The van der Waals surface area contributed by atoms with Gasteiger partial charge in [-0.05, 0) is 19.4 Å². The average molecular weight is 296 g/mol. The zero-order chi connectivity index (χ0) is 14.5. The molecule has 6 nitrogen and oxygen atoms in total. The molecule has 2 aromatic heterocycles. The fourth-order valence-electron chi connectivity index (χ4n) is 1.95. The molecule has 0 fully saturated rings. The van der Waals surface area contributed by atoms with Crippen LogP contribution in [0.3, 0.4) is 0 Å². The highest BCUT2D eigenvalue weighted by molar-refractivity contribution is 6.30. The molecule has 0 bridgehead atoms. The smallest absolute Gasteiger partial charge is 0.245 e. The molecule has 108 valence electrons. The minimum Gasteiger partial charge on any atom is -0.349 e. The summed E-state index contributed by atoms with van der Waals surface area (Å²) in [6.45, 7) is 5.18. The maximum Gasteiger partial charge on any atom is 0.245 e. The first-order valence-corrected chi connectivity index (χ1v) is 7.01. The number of nitrogens with zero attached hydrogens (tertiary/aromatic N) is 4. The van der Waals surface area contributed by atoms with Crippen LogP contribution < -0.4 is 5.32 Å². The van der Waals surface area contributed by atoms with Crippen LogP contribution in [0.25, 0.3) is 0 Å². The van der Waals surface area contributed by atoms with Crippen LogP contribution in [-0.2, 0) is 17.9 Å². The summed E-state index contributed by atoms with van der Waals surface area (Å²) in [7, 11) is 0. The molecule has 0 aliphatic rings. The lowest BCUT2D eigenvalue weighted by molar-refractivity contribution is -0.124. The molecule has 2 rings (SSSR count). The molecule has 0 saturated carbocycles. The number of aromatic nitrogens is 4. The standard InChI is InChI=1S/C13H18ClN5O/c1-3-12(19-9-10(14)7-16-19)13(20)15-8-11-5-6-18(4-2)17-11/h5-7,9,12H,3-4,8H2,1-2H3,(H,15,20). The number of carbonyl (C=O) groups excluding carboxylic acids is 1. The summed E-state index contributed by atoms with van der Waals surface area (Å²) >= 11 is 5.83. The van der Waals surface area contributed by atoms with Crippen LogP contribution in [-0.4, -0.2) is 25.5 Å². The first-order valence-electron chi connectivity index (χ1n) is 6.63. The van der Waals surface area contributed by atoms with Gasteiger partial charge in [0.1, 0.15) is 6.04 Å². The van der Waals surface area contributed by atoms with Crippen molar-refractivity contribution in [3.63, 3.8) is 0 Å². The molecule has 7 heteroatoms. The molecule has 1 amide bonds. The topological polar surface area (TPSA) is 64.7 Å². The summed E-state index contributed by atoms with van der Waals surface area (Å²) in [6, 6.07) is 1.55. The number of amides is 1.